The van der Waals surface area contributed by atoms with Gasteiger partial charge in [-0.1, -0.05) is 36.4 Å². The van der Waals surface area contributed by atoms with Gasteiger partial charge < -0.3 is 0 Å². The molecule has 0 saturated heterocycles. The molecule has 0 bridgehead atoms. The van der Waals surface area contributed by atoms with Gasteiger partial charge in [0.05, 0.1) is 11.2 Å². The van der Waals surface area contributed by atoms with E-state index < -0.39 is 0 Å². The first-order valence-corrected chi connectivity index (χ1v) is 7.26. The summed E-state index contributed by atoms with van der Waals surface area (Å²) in [4.78, 5) is 8.71. The Kier molecular flexibility index (Phi) is 3.12. The molecule has 0 spiro atoms. The molecule has 4 aromatic rings. The molecule has 2 aromatic heterocycles. The Hall–Kier alpha value is -3.08. The Morgan fingerprint density at radius 2 is 1.61 bits per heavy atom. The van der Waals surface area contributed by atoms with Gasteiger partial charge in [-0.2, -0.15) is 9.78 Å². The van der Waals surface area contributed by atoms with Crippen LogP contribution in [0, 0.1) is 12.7 Å². The number of hydrogen-bond donors (Lipinski definition) is 0. The van der Waals surface area contributed by atoms with Crippen molar-refractivity contribution in [2.75, 3.05) is 0 Å². The third-order valence-corrected chi connectivity index (χ3v) is 3.78. The van der Waals surface area contributed by atoms with Crippen molar-refractivity contribution in [1.82, 2.24) is 19.7 Å². The van der Waals surface area contributed by atoms with Gasteiger partial charge in [-0.15, -0.1) is 0 Å². The number of para-hydroxylation sites is 1. The van der Waals surface area contributed by atoms with Crippen molar-refractivity contribution in [3.8, 4) is 17.1 Å². The van der Waals surface area contributed by atoms with E-state index in [1.807, 2.05) is 31.2 Å². The van der Waals surface area contributed by atoms with E-state index in [9.17, 15) is 4.39 Å². The zero-order valence-corrected chi connectivity index (χ0v) is 12.4. The van der Waals surface area contributed by atoms with Crippen LogP contribution in [0.3, 0.4) is 0 Å². The maximum absolute atomic E-state index is 13.8. The topological polar surface area (TPSA) is 43.6 Å². The van der Waals surface area contributed by atoms with Crippen molar-refractivity contribution in [2.24, 2.45) is 0 Å². The molecular weight excluding hydrogens is 291 g/mol. The Labute approximate surface area is 132 Å². The fraction of sp³-hybridized carbons (Fsp3) is 0.0556. The highest BCUT2D eigenvalue weighted by Gasteiger charge is 2.11. The average Bonchev–Trinajstić information content (AvgIpc) is 2.93. The molecule has 0 saturated carbocycles. The summed E-state index contributed by atoms with van der Waals surface area (Å²) in [6.07, 6.45) is 3.24. The van der Waals surface area contributed by atoms with Crippen LogP contribution in [0.2, 0.25) is 0 Å². The van der Waals surface area contributed by atoms with Gasteiger partial charge in [0.25, 0.3) is 5.95 Å². The van der Waals surface area contributed by atoms with Gasteiger partial charge in [0.15, 0.2) is 0 Å². The van der Waals surface area contributed by atoms with Crippen molar-refractivity contribution >= 4 is 10.9 Å². The molecule has 0 unspecified atom stereocenters. The summed E-state index contributed by atoms with van der Waals surface area (Å²) in [7, 11) is 0. The highest BCUT2D eigenvalue weighted by Crippen LogP contribution is 2.23. The fourth-order valence-corrected chi connectivity index (χ4v) is 2.64. The molecule has 4 rings (SSSR count). The van der Waals surface area contributed by atoms with Gasteiger partial charge in [-0.3, -0.25) is 0 Å². The molecule has 112 valence electrons. The normalized spacial score (nSPS) is 11.0. The van der Waals surface area contributed by atoms with Crippen molar-refractivity contribution in [1.29, 1.82) is 0 Å². The van der Waals surface area contributed by atoms with Gasteiger partial charge in [-0.05, 0) is 19.1 Å². The monoisotopic (exact) mass is 304 g/mol. The number of hydrogen-bond acceptors (Lipinski definition) is 3. The van der Waals surface area contributed by atoms with Crippen LogP contribution in [0.15, 0.2) is 60.9 Å². The molecule has 0 amide bonds. The summed E-state index contributed by atoms with van der Waals surface area (Å²) >= 11 is 0. The smallest absolute Gasteiger partial charge is 0.219 e. The zero-order chi connectivity index (χ0) is 15.8. The Bertz CT molecular complexity index is 990. The van der Waals surface area contributed by atoms with Crippen LogP contribution >= 0.6 is 0 Å². The van der Waals surface area contributed by atoms with E-state index in [1.54, 1.807) is 35.3 Å². The molecule has 4 nitrogen and oxygen atoms in total. The summed E-state index contributed by atoms with van der Waals surface area (Å²) in [6, 6.07) is 14.5. The minimum Gasteiger partial charge on any atom is -0.219 e. The van der Waals surface area contributed by atoms with E-state index in [0.717, 1.165) is 16.6 Å². The van der Waals surface area contributed by atoms with Crippen LogP contribution in [0.25, 0.3) is 28.0 Å². The third-order valence-electron chi connectivity index (χ3n) is 3.78. The quantitative estimate of drug-likeness (QED) is 0.563. The van der Waals surface area contributed by atoms with Crippen molar-refractivity contribution < 1.29 is 4.39 Å². The molecule has 5 heteroatoms. The van der Waals surface area contributed by atoms with Gasteiger partial charge >= 0.3 is 0 Å². The molecule has 2 aromatic carbocycles. The lowest BCUT2D eigenvalue weighted by atomic mass is 10.1. The minimum atomic E-state index is -0.288. The molecule has 0 aliphatic carbocycles. The number of aryl methyl sites for hydroxylation is 1. The standard InChI is InChI=1S/C18H13FN4/c1-12-14-6-3-5-9-17(14)23(22-12)18-20-10-13(11-21-18)15-7-2-4-8-16(15)19/h2-11H,1H3. The van der Waals surface area contributed by atoms with Gasteiger partial charge in [0.1, 0.15) is 5.82 Å². The van der Waals surface area contributed by atoms with Crippen LogP contribution in [-0.4, -0.2) is 19.7 Å². The minimum absolute atomic E-state index is 0.288. The van der Waals surface area contributed by atoms with Crippen molar-refractivity contribution in [2.45, 2.75) is 6.92 Å². The van der Waals surface area contributed by atoms with Gasteiger partial charge in [0, 0.05) is 28.9 Å². The predicted octanol–water partition coefficient (Wildman–Crippen LogP) is 3.93. The first kappa shape index (κ1) is 13.6. The second-order valence-corrected chi connectivity index (χ2v) is 5.27. The lowest BCUT2D eigenvalue weighted by Gasteiger charge is -2.05. The van der Waals surface area contributed by atoms with Crippen LogP contribution in [-0.2, 0) is 0 Å². The molecule has 0 radical (unpaired) electrons. The number of aromatic nitrogens is 4. The third kappa shape index (κ3) is 2.26. The predicted molar refractivity (Wildman–Crippen MR) is 86.8 cm³/mol. The van der Waals surface area contributed by atoms with E-state index in [4.69, 9.17) is 0 Å². The molecule has 0 N–H and O–H groups in total. The SMILES string of the molecule is Cc1nn(-c2ncc(-c3ccccc3F)cn2)c2ccccc12. The highest BCUT2D eigenvalue weighted by molar-refractivity contribution is 5.82. The second-order valence-electron chi connectivity index (χ2n) is 5.27. The van der Waals surface area contributed by atoms with Crippen molar-refractivity contribution in [3.63, 3.8) is 0 Å². The summed E-state index contributed by atoms with van der Waals surface area (Å²) in [5, 5.41) is 5.56. The van der Waals surface area contributed by atoms with Crippen molar-refractivity contribution in [3.05, 3.63) is 72.4 Å². The van der Waals surface area contributed by atoms with Gasteiger partial charge in [0.2, 0.25) is 0 Å². The first-order chi connectivity index (χ1) is 11.2. The van der Waals surface area contributed by atoms with Crippen LogP contribution < -0.4 is 0 Å². The van der Waals surface area contributed by atoms with E-state index in [1.165, 1.54) is 6.07 Å². The summed E-state index contributed by atoms with van der Waals surface area (Å²) in [6.45, 7) is 1.95. The molecule has 2 heterocycles. The Morgan fingerprint density at radius 1 is 0.913 bits per heavy atom. The largest absolute Gasteiger partial charge is 0.251 e. The fourth-order valence-electron chi connectivity index (χ4n) is 2.64. The summed E-state index contributed by atoms with van der Waals surface area (Å²) in [5.74, 6) is 0.179. The molecule has 0 aliphatic rings. The highest BCUT2D eigenvalue weighted by atomic mass is 19.1. The number of fused-ring (bicyclic) bond motifs is 1. The van der Waals surface area contributed by atoms with E-state index in [0.29, 0.717) is 17.1 Å². The lowest BCUT2D eigenvalue weighted by molar-refractivity contribution is 0.631. The maximum atomic E-state index is 13.8. The molecule has 0 aliphatic heterocycles. The van der Waals surface area contributed by atoms with E-state index in [-0.39, 0.29) is 5.82 Å². The number of benzene rings is 2. The number of nitrogens with zero attached hydrogens (tertiary/aromatic N) is 4. The molecule has 0 fully saturated rings. The summed E-state index contributed by atoms with van der Waals surface area (Å²) < 4.78 is 15.5. The maximum Gasteiger partial charge on any atom is 0.251 e. The summed E-state index contributed by atoms with van der Waals surface area (Å²) in [5.41, 5.74) is 2.99. The number of rotatable bonds is 2. The molecule has 23 heavy (non-hydrogen) atoms. The average molecular weight is 304 g/mol. The van der Waals surface area contributed by atoms with Crippen LogP contribution in [0.1, 0.15) is 5.69 Å². The Morgan fingerprint density at radius 3 is 2.39 bits per heavy atom. The second kappa shape index (κ2) is 5.28. The number of halogens is 1. The Balaban J connectivity index is 1.80. The zero-order valence-electron chi connectivity index (χ0n) is 12.4. The van der Waals surface area contributed by atoms with Crippen LogP contribution in [0.4, 0.5) is 4.39 Å². The lowest BCUT2D eigenvalue weighted by Crippen LogP contribution is -2.03. The molecule has 0 atom stereocenters. The van der Waals surface area contributed by atoms with Crippen LogP contribution in [0.5, 0.6) is 0 Å². The molecular formula is C18H13FN4. The van der Waals surface area contributed by atoms with Gasteiger partial charge in [-0.25, -0.2) is 14.4 Å². The van der Waals surface area contributed by atoms with E-state index in [2.05, 4.69) is 15.1 Å². The van der Waals surface area contributed by atoms with E-state index >= 15 is 0 Å². The first-order valence-electron chi connectivity index (χ1n) is 7.26.